The number of rotatable bonds is 4. The standard InChI is InChI=1S/C11H17BrN2S/c1-2-13-9-5-6-14(7-9)8-10-3-4-11(12)15-10/h3-4,9,13H,2,5-8H2,1H3. The zero-order chi connectivity index (χ0) is 10.7. The second-order valence-electron chi connectivity index (χ2n) is 3.98. The van der Waals surface area contributed by atoms with Crippen molar-refractivity contribution in [1.29, 1.82) is 0 Å². The molecule has 1 fully saturated rings. The molecule has 15 heavy (non-hydrogen) atoms. The largest absolute Gasteiger partial charge is 0.313 e. The van der Waals surface area contributed by atoms with Crippen molar-refractivity contribution in [2.45, 2.75) is 25.9 Å². The van der Waals surface area contributed by atoms with Gasteiger partial charge in [0.05, 0.1) is 3.79 Å². The van der Waals surface area contributed by atoms with Crippen LogP contribution in [-0.4, -0.2) is 30.6 Å². The Kier molecular flexibility index (Phi) is 4.20. The molecule has 2 heterocycles. The number of halogens is 1. The number of hydrogen-bond acceptors (Lipinski definition) is 3. The molecule has 1 aromatic heterocycles. The molecular weight excluding hydrogens is 272 g/mol. The SMILES string of the molecule is CCNC1CCN(Cc2ccc(Br)s2)C1. The van der Waals surface area contributed by atoms with E-state index in [9.17, 15) is 0 Å². The maximum absolute atomic E-state index is 3.52. The molecular formula is C11H17BrN2S. The lowest BCUT2D eigenvalue weighted by atomic mass is 10.3. The minimum Gasteiger partial charge on any atom is -0.313 e. The van der Waals surface area contributed by atoms with Gasteiger partial charge in [0, 0.05) is 30.6 Å². The number of likely N-dealkylation sites (tertiary alicyclic amines) is 1. The zero-order valence-corrected chi connectivity index (χ0v) is 11.4. The van der Waals surface area contributed by atoms with E-state index in [0.29, 0.717) is 6.04 Å². The highest BCUT2D eigenvalue weighted by atomic mass is 79.9. The van der Waals surface area contributed by atoms with Crippen LogP contribution in [0.1, 0.15) is 18.2 Å². The van der Waals surface area contributed by atoms with Gasteiger partial charge in [-0.3, -0.25) is 4.90 Å². The average molecular weight is 289 g/mol. The summed E-state index contributed by atoms with van der Waals surface area (Å²) < 4.78 is 1.24. The highest BCUT2D eigenvalue weighted by molar-refractivity contribution is 9.11. The number of nitrogens with one attached hydrogen (secondary N) is 1. The Labute approximate surface area is 104 Å². The van der Waals surface area contributed by atoms with Crippen molar-refractivity contribution in [2.24, 2.45) is 0 Å². The molecule has 0 amide bonds. The van der Waals surface area contributed by atoms with Crippen LogP contribution in [0.4, 0.5) is 0 Å². The molecule has 1 unspecified atom stereocenters. The van der Waals surface area contributed by atoms with E-state index in [0.717, 1.165) is 13.1 Å². The van der Waals surface area contributed by atoms with Crippen LogP contribution in [-0.2, 0) is 6.54 Å². The Morgan fingerprint density at radius 3 is 3.13 bits per heavy atom. The highest BCUT2D eigenvalue weighted by Crippen LogP contribution is 2.24. The lowest BCUT2D eigenvalue weighted by Crippen LogP contribution is -2.31. The van der Waals surface area contributed by atoms with Crippen molar-refractivity contribution in [3.8, 4) is 0 Å². The first-order valence-corrected chi connectivity index (χ1v) is 7.09. The molecule has 4 heteroatoms. The molecule has 0 radical (unpaired) electrons. The normalized spacial score (nSPS) is 22.4. The molecule has 1 aromatic rings. The van der Waals surface area contributed by atoms with Crippen molar-refractivity contribution < 1.29 is 0 Å². The van der Waals surface area contributed by atoms with E-state index in [4.69, 9.17) is 0 Å². The molecule has 1 saturated heterocycles. The first-order chi connectivity index (χ1) is 7.28. The first kappa shape index (κ1) is 11.6. The van der Waals surface area contributed by atoms with E-state index in [2.05, 4.69) is 45.2 Å². The summed E-state index contributed by atoms with van der Waals surface area (Å²) in [5.74, 6) is 0. The predicted molar refractivity (Wildman–Crippen MR) is 69.4 cm³/mol. The topological polar surface area (TPSA) is 15.3 Å². The summed E-state index contributed by atoms with van der Waals surface area (Å²) >= 11 is 5.35. The Hall–Kier alpha value is 0.1000. The molecule has 1 atom stereocenters. The monoisotopic (exact) mass is 288 g/mol. The third kappa shape index (κ3) is 3.28. The lowest BCUT2D eigenvalue weighted by molar-refractivity contribution is 0.323. The summed E-state index contributed by atoms with van der Waals surface area (Å²) in [4.78, 5) is 3.99. The lowest BCUT2D eigenvalue weighted by Gasteiger charge is -2.15. The average Bonchev–Trinajstić information content (AvgIpc) is 2.78. The van der Waals surface area contributed by atoms with Gasteiger partial charge in [0.2, 0.25) is 0 Å². The molecule has 0 saturated carbocycles. The van der Waals surface area contributed by atoms with Gasteiger partial charge in [0.15, 0.2) is 0 Å². The Balaban J connectivity index is 1.82. The quantitative estimate of drug-likeness (QED) is 0.917. The summed E-state index contributed by atoms with van der Waals surface area (Å²) in [6, 6.07) is 5.06. The van der Waals surface area contributed by atoms with Crippen molar-refractivity contribution in [3.05, 3.63) is 20.8 Å². The fourth-order valence-electron chi connectivity index (χ4n) is 2.09. The minimum atomic E-state index is 0.707. The molecule has 1 aliphatic heterocycles. The number of thiophene rings is 1. The fourth-order valence-corrected chi connectivity index (χ4v) is 3.61. The van der Waals surface area contributed by atoms with Gasteiger partial charge >= 0.3 is 0 Å². The van der Waals surface area contributed by atoms with Crippen molar-refractivity contribution in [1.82, 2.24) is 10.2 Å². The summed E-state index contributed by atoms with van der Waals surface area (Å²) in [5.41, 5.74) is 0. The number of likely N-dealkylation sites (N-methyl/N-ethyl adjacent to an activating group) is 1. The van der Waals surface area contributed by atoms with Crippen LogP contribution in [0.15, 0.2) is 15.9 Å². The first-order valence-electron chi connectivity index (χ1n) is 5.48. The van der Waals surface area contributed by atoms with Gasteiger partial charge in [-0.15, -0.1) is 11.3 Å². The van der Waals surface area contributed by atoms with Gasteiger partial charge in [-0.05, 0) is 41.0 Å². The van der Waals surface area contributed by atoms with E-state index in [1.807, 2.05) is 11.3 Å². The molecule has 0 aromatic carbocycles. The highest BCUT2D eigenvalue weighted by Gasteiger charge is 2.21. The maximum Gasteiger partial charge on any atom is 0.0701 e. The molecule has 0 bridgehead atoms. The molecule has 1 aliphatic rings. The summed E-state index contributed by atoms with van der Waals surface area (Å²) in [7, 11) is 0. The minimum absolute atomic E-state index is 0.707. The van der Waals surface area contributed by atoms with Gasteiger partial charge in [-0.1, -0.05) is 6.92 Å². The third-order valence-electron chi connectivity index (χ3n) is 2.77. The van der Waals surface area contributed by atoms with Crippen molar-refractivity contribution in [3.63, 3.8) is 0 Å². The second kappa shape index (κ2) is 5.43. The predicted octanol–water partition coefficient (Wildman–Crippen LogP) is 2.69. The Morgan fingerprint density at radius 1 is 1.60 bits per heavy atom. The summed E-state index contributed by atoms with van der Waals surface area (Å²) in [6.07, 6.45) is 1.29. The van der Waals surface area contributed by atoms with Crippen molar-refractivity contribution in [2.75, 3.05) is 19.6 Å². The second-order valence-corrected chi connectivity index (χ2v) is 6.53. The fraction of sp³-hybridized carbons (Fsp3) is 0.636. The summed E-state index contributed by atoms with van der Waals surface area (Å²) in [5, 5.41) is 3.52. The number of hydrogen-bond donors (Lipinski definition) is 1. The Bertz CT molecular complexity index is 313. The zero-order valence-electron chi connectivity index (χ0n) is 9.00. The maximum atomic E-state index is 3.52. The van der Waals surface area contributed by atoms with E-state index >= 15 is 0 Å². The van der Waals surface area contributed by atoms with Crippen LogP contribution >= 0.6 is 27.3 Å². The van der Waals surface area contributed by atoms with Gasteiger partial charge in [0.25, 0.3) is 0 Å². The van der Waals surface area contributed by atoms with Gasteiger partial charge in [-0.25, -0.2) is 0 Å². The molecule has 0 aliphatic carbocycles. The van der Waals surface area contributed by atoms with Crippen LogP contribution in [0.2, 0.25) is 0 Å². The van der Waals surface area contributed by atoms with Crippen molar-refractivity contribution >= 4 is 27.3 Å². The van der Waals surface area contributed by atoms with Gasteiger partial charge in [-0.2, -0.15) is 0 Å². The van der Waals surface area contributed by atoms with E-state index in [1.165, 1.54) is 28.2 Å². The van der Waals surface area contributed by atoms with E-state index < -0.39 is 0 Å². The van der Waals surface area contributed by atoms with Crippen LogP contribution in [0.25, 0.3) is 0 Å². The van der Waals surface area contributed by atoms with Gasteiger partial charge < -0.3 is 5.32 Å². The molecule has 2 nitrogen and oxygen atoms in total. The third-order valence-corrected chi connectivity index (χ3v) is 4.38. The van der Waals surface area contributed by atoms with Crippen LogP contribution in [0.3, 0.4) is 0 Å². The smallest absolute Gasteiger partial charge is 0.0701 e. The van der Waals surface area contributed by atoms with E-state index in [1.54, 1.807) is 0 Å². The van der Waals surface area contributed by atoms with E-state index in [-0.39, 0.29) is 0 Å². The summed E-state index contributed by atoms with van der Waals surface area (Å²) in [6.45, 7) is 6.80. The van der Waals surface area contributed by atoms with Gasteiger partial charge in [0.1, 0.15) is 0 Å². The molecule has 2 rings (SSSR count). The van der Waals surface area contributed by atoms with Crippen LogP contribution in [0, 0.1) is 0 Å². The Morgan fingerprint density at radius 2 is 2.47 bits per heavy atom. The molecule has 84 valence electrons. The molecule has 0 spiro atoms. The van der Waals surface area contributed by atoms with Crippen LogP contribution < -0.4 is 5.32 Å². The van der Waals surface area contributed by atoms with Crippen LogP contribution in [0.5, 0.6) is 0 Å². The molecule has 1 N–H and O–H groups in total. The number of nitrogens with zero attached hydrogens (tertiary/aromatic N) is 1.